The molecule has 1 amide bonds. The predicted octanol–water partition coefficient (Wildman–Crippen LogP) is 3.32. The summed E-state index contributed by atoms with van der Waals surface area (Å²) in [5.74, 6) is 0.183. The van der Waals surface area contributed by atoms with E-state index in [2.05, 4.69) is 27.9 Å². The van der Waals surface area contributed by atoms with Crippen molar-refractivity contribution < 1.29 is 9.53 Å². The van der Waals surface area contributed by atoms with Gasteiger partial charge in [0, 0.05) is 34.8 Å². The summed E-state index contributed by atoms with van der Waals surface area (Å²) >= 11 is 13.9. The van der Waals surface area contributed by atoms with Crippen LogP contribution in [0.15, 0.2) is 18.2 Å². The van der Waals surface area contributed by atoms with E-state index < -0.39 is 0 Å². The van der Waals surface area contributed by atoms with Crippen molar-refractivity contribution in [3.05, 3.63) is 32.4 Å². The molecule has 18 heavy (non-hydrogen) atoms. The van der Waals surface area contributed by atoms with Gasteiger partial charge in [-0.2, -0.15) is 0 Å². The summed E-state index contributed by atoms with van der Waals surface area (Å²) < 4.78 is 5.88. The number of hydrogen-bond acceptors (Lipinski definition) is 2. The lowest BCUT2D eigenvalue weighted by atomic mass is 10.2. The molecule has 0 aliphatic carbocycles. The van der Waals surface area contributed by atoms with Gasteiger partial charge >= 0.3 is 0 Å². The summed E-state index contributed by atoms with van der Waals surface area (Å²) in [4.78, 5) is 12.0. The van der Waals surface area contributed by atoms with Crippen LogP contribution in [0.2, 0.25) is 5.02 Å². The van der Waals surface area contributed by atoms with Crippen LogP contribution in [0.5, 0.6) is 0 Å². The van der Waals surface area contributed by atoms with Crippen molar-refractivity contribution >= 4 is 51.7 Å². The van der Waals surface area contributed by atoms with Crippen LogP contribution in [0.25, 0.3) is 0 Å². The van der Waals surface area contributed by atoms with Gasteiger partial charge in [0.15, 0.2) is 0 Å². The Morgan fingerprint density at radius 2 is 2.28 bits per heavy atom. The molecule has 1 aromatic carbocycles. The van der Waals surface area contributed by atoms with Gasteiger partial charge in [-0.25, -0.2) is 0 Å². The number of carbonyl (C=O) groups excluding carboxylic acids is 1. The molecule has 0 saturated heterocycles. The van der Waals surface area contributed by atoms with Gasteiger partial charge in [0.2, 0.25) is 0 Å². The van der Waals surface area contributed by atoms with E-state index >= 15 is 0 Å². The van der Waals surface area contributed by atoms with Crippen molar-refractivity contribution in [2.75, 3.05) is 19.6 Å². The Labute approximate surface area is 130 Å². The first-order valence-electron chi connectivity index (χ1n) is 5.39. The average molecular weight is 402 g/mol. The molecular weight excluding hydrogens is 388 g/mol. The van der Waals surface area contributed by atoms with Gasteiger partial charge in [0.05, 0.1) is 5.02 Å². The molecule has 0 saturated carbocycles. The molecule has 0 fully saturated rings. The fraction of sp³-hybridized carbons (Fsp3) is 0.417. The van der Waals surface area contributed by atoms with E-state index in [-0.39, 0.29) is 11.9 Å². The summed E-state index contributed by atoms with van der Waals surface area (Å²) in [6.45, 7) is 0.561. The molecule has 0 bridgehead atoms. The van der Waals surface area contributed by atoms with E-state index in [0.717, 1.165) is 3.57 Å². The normalized spacial score (nSPS) is 12.2. The highest BCUT2D eigenvalue weighted by molar-refractivity contribution is 14.1. The number of rotatable bonds is 6. The van der Waals surface area contributed by atoms with Crippen LogP contribution < -0.4 is 5.32 Å². The lowest BCUT2D eigenvalue weighted by Crippen LogP contribution is -2.37. The lowest BCUT2D eigenvalue weighted by molar-refractivity contribution is 0.0930. The number of nitrogens with one attached hydrogen (secondary N) is 1. The highest BCUT2D eigenvalue weighted by Crippen LogP contribution is 2.19. The van der Waals surface area contributed by atoms with E-state index in [1.54, 1.807) is 19.2 Å². The molecule has 0 heterocycles. The van der Waals surface area contributed by atoms with Gasteiger partial charge in [0.1, 0.15) is 0 Å². The van der Waals surface area contributed by atoms with E-state index in [9.17, 15) is 4.79 Å². The zero-order valence-electron chi connectivity index (χ0n) is 9.88. The number of ether oxygens (including phenoxy) is 1. The molecule has 100 valence electrons. The molecule has 3 nitrogen and oxygen atoms in total. The number of carbonyl (C=O) groups is 1. The molecule has 0 aliphatic rings. The smallest absolute Gasteiger partial charge is 0.251 e. The average Bonchev–Trinajstić information content (AvgIpc) is 2.37. The molecule has 0 radical (unpaired) electrons. The van der Waals surface area contributed by atoms with Gasteiger partial charge in [-0.3, -0.25) is 4.79 Å². The Bertz CT molecular complexity index is 415. The third kappa shape index (κ3) is 4.91. The van der Waals surface area contributed by atoms with Crippen LogP contribution in [-0.4, -0.2) is 31.5 Å². The van der Waals surface area contributed by atoms with E-state index in [1.807, 2.05) is 6.07 Å². The minimum absolute atomic E-state index is 0.0998. The highest BCUT2D eigenvalue weighted by atomic mass is 127. The number of alkyl halides is 1. The maximum atomic E-state index is 12.0. The van der Waals surface area contributed by atoms with Crippen LogP contribution >= 0.6 is 45.8 Å². The Morgan fingerprint density at radius 1 is 1.56 bits per heavy atom. The number of hydrogen-bond donors (Lipinski definition) is 1. The maximum Gasteiger partial charge on any atom is 0.251 e. The van der Waals surface area contributed by atoms with Crippen molar-refractivity contribution in [1.29, 1.82) is 0 Å². The molecule has 0 aromatic heterocycles. The molecule has 1 aromatic rings. The quantitative estimate of drug-likeness (QED) is 0.586. The van der Waals surface area contributed by atoms with E-state index in [1.165, 1.54) is 0 Å². The molecule has 1 rings (SSSR count). The number of amides is 1. The number of halogens is 3. The van der Waals surface area contributed by atoms with Crippen molar-refractivity contribution in [2.45, 2.75) is 12.5 Å². The molecule has 0 spiro atoms. The number of methoxy groups -OCH3 is 1. The molecule has 1 atom stereocenters. The Hall–Kier alpha value is -0.0400. The molecule has 1 N–H and O–H groups in total. The SMILES string of the molecule is COCCC(CCl)NC(=O)c1ccc(I)c(Cl)c1. The van der Waals surface area contributed by atoms with Crippen LogP contribution in [0.3, 0.4) is 0 Å². The molecule has 1 unspecified atom stereocenters. The standard InChI is InChI=1S/C12H14Cl2INO2/c1-18-5-4-9(7-13)16-12(17)8-2-3-11(15)10(14)6-8/h2-3,6,9H,4-5,7H2,1H3,(H,16,17). The second kappa shape index (κ2) is 8.19. The first kappa shape index (κ1) is 16.0. The van der Waals surface area contributed by atoms with Gasteiger partial charge in [-0.05, 0) is 47.2 Å². The van der Waals surface area contributed by atoms with Crippen LogP contribution in [-0.2, 0) is 4.74 Å². The van der Waals surface area contributed by atoms with Crippen LogP contribution in [0.4, 0.5) is 0 Å². The van der Waals surface area contributed by atoms with Crippen molar-refractivity contribution in [3.63, 3.8) is 0 Å². The molecule has 0 aliphatic heterocycles. The Balaban J connectivity index is 2.65. The van der Waals surface area contributed by atoms with Crippen LogP contribution in [0, 0.1) is 3.57 Å². The van der Waals surface area contributed by atoms with Crippen molar-refractivity contribution in [2.24, 2.45) is 0 Å². The summed E-state index contributed by atoms with van der Waals surface area (Å²) in [6.07, 6.45) is 0.684. The van der Waals surface area contributed by atoms with Crippen molar-refractivity contribution in [3.8, 4) is 0 Å². The first-order chi connectivity index (χ1) is 8.58. The third-order valence-electron chi connectivity index (χ3n) is 2.37. The first-order valence-corrected chi connectivity index (χ1v) is 7.38. The van der Waals surface area contributed by atoms with E-state index in [0.29, 0.717) is 29.5 Å². The highest BCUT2D eigenvalue weighted by Gasteiger charge is 2.13. The van der Waals surface area contributed by atoms with E-state index in [4.69, 9.17) is 27.9 Å². The van der Waals surface area contributed by atoms with Crippen LogP contribution in [0.1, 0.15) is 16.8 Å². The summed E-state index contributed by atoms with van der Waals surface area (Å²) in [6, 6.07) is 5.10. The fourth-order valence-corrected chi connectivity index (χ4v) is 2.10. The topological polar surface area (TPSA) is 38.3 Å². The zero-order chi connectivity index (χ0) is 13.5. The zero-order valence-corrected chi connectivity index (χ0v) is 13.6. The lowest BCUT2D eigenvalue weighted by Gasteiger charge is -2.15. The summed E-state index contributed by atoms with van der Waals surface area (Å²) in [7, 11) is 1.62. The number of benzene rings is 1. The van der Waals surface area contributed by atoms with Gasteiger partial charge in [0.25, 0.3) is 5.91 Å². The summed E-state index contributed by atoms with van der Waals surface area (Å²) in [5, 5.41) is 3.42. The molecule has 6 heteroatoms. The van der Waals surface area contributed by atoms with Gasteiger partial charge in [-0.15, -0.1) is 11.6 Å². The summed E-state index contributed by atoms with van der Waals surface area (Å²) in [5.41, 5.74) is 0.535. The Kier molecular flexibility index (Phi) is 7.29. The largest absolute Gasteiger partial charge is 0.385 e. The minimum atomic E-state index is -0.171. The monoisotopic (exact) mass is 401 g/mol. The van der Waals surface area contributed by atoms with Gasteiger partial charge < -0.3 is 10.1 Å². The van der Waals surface area contributed by atoms with Crippen molar-refractivity contribution in [1.82, 2.24) is 5.32 Å². The minimum Gasteiger partial charge on any atom is -0.385 e. The van der Waals surface area contributed by atoms with Gasteiger partial charge in [-0.1, -0.05) is 11.6 Å². The Morgan fingerprint density at radius 3 is 2.83 bits per heavy atom. The maximum absolute atomic E-state index is 12.0. The molecular formula is C12H14Cl2INO2. The predicted molar refractivity (Wildman–Crippen MR) is 82.6 cm³/mol. The fourth-order valence-electron chi connectivity index (χ4n) is 1.35. The third-order valence-corrected chi connectivity index (χ3v) is 4.32. The second-order valence-corrected chi connectivity index (χ2v) is 5.61. The second-order valence-electron chi connectivity index (χ2n) is 3.74.